The van der Waals surface area contributed by atoms with Crippen LogP contribution >= 0.6 is 0 Å². The Balaban J connectivity index is 1.95. The largest absolute Gasteiger partial charge is 0.485 e. The lowest BCUT2D eigenvalue weighted by molar-refractivity contribution is -0.187. The van der Waals surface area contributed by atoms with Gasteiger partial charge >= 0.3 is 12.1 Å². The third kappa shape index (κ3) is 3.08. The normalized spacial score (nSPS) is 16.8. The second-order valence-electron chi connectivity index (χ2n) is 5.04. The van der Waals surface area contributed by atoms with Crippen LogP contribution in [0.5, 0.6) is 11.5 Å². The van der Waals surface area contributed by atoms with Crippen LogP contribution in [0.4, 0.5) is 13.2 Å². The number of carboxylic acids is 1. The molecule has 126 valence electrons. The van der Waals surface area contributed by atoms with Crippen LogP contribution in [0.25, 0.3) is 6.08 Å². The fraction of sp³-hybridized carbons (Fsp3) is 0.188. The van der Waals surface area contributed by atoms with Gasteiger partial charge in [0.2, 0.25) is 6.10 Å². The van der Waals surface area contributed by atoms with Gasteiger partial charge in [0, 0.05) is 11.1 Å². The number of fused-ring (bicyclic) bond motifs is 1. The molecule has 0 aliphatic carbocycles. The lowest BCUT2D eigenvalue weighted by Crippen LogP contribution is -2.40. The van der Waals surface area contributed by atoms with Crippen molar-refractivity contribution in [2.24, 2.45) is 0 Å². The van der Waals surface area contributed by atoms with Crippen molar-refractivity contribution in [2.75, 3.05) is 0 Å². The van der Waals surface area contributed by atoms with Crippen LogP contribution in [-0.2, 0) is 11.4 Å². The number of carboxylic acid groups (broad SMARTS) is 1. The van der Waals surface area contributed by atoms with Gasteiger partial charge < -0.3 is 19.0 Å². The van der Waals surface area contributed by atoms with E-state index in [-0.39, 0.29) is 23.7 Å². The zero-order valence-corrected chi connectivity index (χ0v) is 12.0. The van der Waals surface area contributed by atoms with Crippen LogP contribution in [0.2, 0.25) is 0 Å². The van der Waals surface area contributed by atoms with Gasteiger partial charge in [-0.05, 0) is 18.2 Å². The molecular formula is C16H11F3O5. The molecule has 0 fully saturated rings. The number of furan rings is 1. The summed E-state index contributed by atoms with van der Waals surface area (Å²) in [6, 6.07) is 6.09. The summed E-state index contributed by atoms with van der Waals surface area (Å²) in [6.45, 7) is 0.0719. The van der Waals surface area contributed by atoms with E-state index in [9.17, 15) is 18.0 Å². The average molecular weight is 340 g/mol. The fourth-order valence-corrected chi connectivity index (χ4v) is 2.26. The van der Waals surface area contributed by atoms with E-state index in [2.05, 4.69) is 0 Å². The van der Waals surface area contributed by atoms with Crippen molar-refractivity contribution < 1.29 is 37.0 Å². The summed E-state index contributed by atoms with van der Waals surface area (Å²) >= 11 is 0. The minimum Gasteiger partial charge on any atom is -0.485 e. The maximum Gasteiger partial charge on any atom is 0.430 e. The number of carbonyl (C=O) groups is 1. The van der Waals surface area contributed by atoms with Crippen molar-refractivity contribution >= 4 is 12.0 Å². The molecule has 0 saturated carbocycles. The first-order valence-electron chi connectivity index (χ1n) is 6.81. The zero-order chi connectivity index (χ0) is 17.3. The van der Waals surface area contributed by atoms with Gasteiger partial charge in [-0.1, -0.05) is 12.1 Å². The van der Waals surface area contributed by atoms with Crippen LogP contribution in [0.1, 0.15) is 11.1 Å². The molecule has 0 saturated heterocycles. The Morgan fingerprint density at radius 1 is 1.29 bits per heavy atom. The quantitative estimate of drug-likeness (QED) is 0.920. The van der Waals surface area contributed by atoms with Crippen LogP contribution in [-0.4, -0.2) is 23.4 Å². The summed E-state index contributed by atoms with van der Waals surface area (Å²) in [7, 11) is 0. The third-order valence-corrected chi connectivity index (χ3v) is 3.36. The van der Waals surface area contributed by atoms with Crippen LogP contribution in [0, 0.1) is 0 Å². The fourth-order valence-electron chi connectivity index (χ4n) is 2.26. The highest BCUT2D eigenvalue weighted by molar-refractivity contribution is 5.95. The van der Waals surface area contributed by atoms with Gasteiger partial charge in [-0.3, -0.25) is 0 Å². The number of ether oxygens (including phenoxy) is 2. The number of benzene rings is 1. The van der Waals surface area contributed by atoms with Gasteiger partial charge in [0.15, 0.2) is 11.5 Å². The number of aliphatic carboxylic acids is 1. The SMILES string of the molecule is O=C(O)C1=Cc2cccc(OCc3ccoc3)c2OC1C(F)(F)F. The van der Waals surface area contributed by atoms with Gasteiger partial charge in [-0.25, -0.2) is 4.79 Å². The molecule has 1 aromatic carbocycles. The maximum absolute atomic E-state index is 13.1. The molecular weight excluding hydrogens is 329 g/mol. The number of alkyl halides is 3. The highest BCUT2D eigenvalue weighted by atomic mass is 19.4. The van der Waals surface area contributed by atoms with E-state index in [4.69, 9.17) is 19.0 Å². The molecule has 3 rings (SSSR count). The van der Waals surface area contributed by atoms with E-state index in [0.717, 1.165) is 6.08 Å². The summed E-state index contributed by atoms with van der Waals surface area (Å²) in [5, 5.41) is 9.01. The van der Waals surface area contributed by atoms with E-state index in [0.29, 0.717) is 5.56 Å². The predicted molar refractivity (Wildman–Crippen MR) is 75.6 cm³/mol. The third-order valence-electron chi connectivity index (χ3n) is 3.36. The molecule has 8 heteroatoms. The first kappa shape index (κ1) is 16.0. The lowest BCUT2D eigenvalue weighted by Gasteiger charge is -2.28. The molecule has 5 nitrogen and oxygen atoms in total. The molecule has 1 atom stereocenters. The Morgan fingerprint density at radius 3 is 2.71 bits per heavy atom. The van der Waals surface area contributed by atoms with Crippen molar-refractivity contribution in [1.29, 1.82) is 0 Å². The number of rotatable bonds is 4. The smallest absolute Gasteiger partial charge is 0.430 e. The zero-order valence-electron chi connectivity index (χ0n) is 12.0. The number of hydrogen-bond acceptors (Lipinski definition) is 4. The van der Waals surface area contributed by atoms with Gasteiger partial charge in [0.05, 0.1) is 18.1 Å². The van der Waals surface area contributed by atoms with E-state index >= 15 is 0 Å². The van der Waals surface area contributed by atoms with Crippen molar-refractivity contribution in [3.8, 4) is 11.5 Å². The van der Waals surface area contributed by atoms with E-state index < -0.39 is 23.8 Å². The second kappa shape index (κ2) is 5.95. The monoisotopic (exact) mass is 340 g/mol. The first-order chi connectivity index (χ1) is 11.4. The molecule has 1 unspecified atom stereocenters. The number of hydrogen-bond donors (Lipinski definition) is 1. The number of halogens is 3. The molecule has 1 aliphatic rings. The minimum absolute atomic E-state index is 0.0719. The van der Waals surface area contributed by atoms with E-state index in [1.165, 1.54) is 30.7 Å². The Labute approximate surface area is 133 Å². The topological polar surface area (TPSA) is 68.9 Å². The van der Waals surface area contributed by atoms with Crippen molar-refractivity contribution in [1.82, 2.24) is 0 Å². The Morgan fingerprint density at radius 2 is 2.08 bits per heavy atom. The molecule has 1 N–H and O–H groups in total. The van der Waals surface area contributed by atoms with Gasteiger partial charge in [0.1, 0.15) is 6.61 Å². The van der Waals surface area contributed by atoms with Crippen molar-refractivity contribution in [2.45, 2.75) is 18.9 Å². The Kier molecular flexibility index (Phi) is 3.96. The van der Waals surface area contributed by atoms with Gasteiger partial charge in [-0.2, -0.15) is 13.2 Å². The van der Waals surface area contributed by atoms with Gasteiger partial charge in [-0.15, -0.1) is 0 Å². The van der Waals surface area contributed by atoms with Gasteiger partial charge in [0.25, 0.3) is 0 Å². The predicted octanol–water partition coefficient (Wildman–Crippen LogP) is 3.65. The first-order valence-corrected chi connectivity index (χ1v) is 6.81. The standard InChI is InChI=1S/C16H11F3O5/c17-16(18,19)14-11(15(20)21)6-10-2-1-3-12(13(10)24-14)23-8-9-4-5-22-7-9/h1-7,14H,8H2,(H,20,21). The molecule has 0 bridgehead atoms. The van der Waals surface area contributed by atoms with Crippen molar-refractivity contribution in [3.63, 3.8) is 0 Å². The molecule has 2 heterocycles. The Hall–Kier alpha value is -2.90. The van der Waals surface area contributed by atoms with E-state index in [1.54, 1.807) is 6.07 Å². The molecule has 2 aromatic rings. The summed E-state index contributed by atoms with van der Waals surface area (Å²) < 4.78 is 54.6. The summed E-state index contributed by atoms with van der Waals surface area (Å²) in [4.78, 5) is 11.1. The summed E-state index contributed by atoms with van der Waals surface area (Å²) in [6.07, 6.45) is -3.58. The molecule has 0 amide bonds. The highest BCUT2D eigenvalue weighted by Crippen LogP contribution is 2.42. The maximum atomic E-state index is 13.1. The lowest BCUT2D eigenvalue weighted by atomic mass is 10.0. The van der Waals surface area contributed by atoms with Crippen LogP contribution < -0.4 is 9.47 Å². The molecule has 1 aliphatic heterocycles. The summed E-state index contributed by atoms with van der Waals surface area (Å²) in [5.74, 6) is -1.75. The van der Waals surface area contributed by atoms with Crippen molar-refractivity contribution in [3.05, 3.63) is 53.5 Å². The molecule has 0 radical (unpaired) electrons. The minimum atomic E-state index is -4.86. The number of para-hydroxylation sites is 1. The average Bonchev–Trinajstić information content (AvgIpc) is 3.04. The van der Waals surface area contributed by atoms with E-state index in [1.807, 2.05) is 0 Å². The van der Waals surface area contributed by atoms with Crippen LogP contribution in [0.3, 0.4) is 0 Å². The van der Waals surface area contributed by atoms with Crippen LogP contribution in [0.15, 0.2) is 46.8 Å². The Bertz CT molecular complexity index is 778. The molecule has 1 aromatic heterocycles. The highest BCUT2D eigenvalue weighted by Gasteiger charge is 2.48. The summed E-state index contributed by atoms with van der Waals surface area (Å²) in [5.41, 5.74) is 0.0251. The molecule has 24 heavy (non-hydrogen) atoms. The molecule has 0 spiro atoms. The second-order valence-corrected chi connectivity index (χ2v) is 5.04.